The number of anilines is 1. The number of hydrogen-bond acceptors (Lipinski definition) is 3. The van der Waals surface area contributed by atoms with Gasteiger partial charge in [0.05, 0.1) is 19.2 Å². The molecule has 2 atom stereocenters. The fourth-order valence-electron chi connectivity index (χ4n) is 2.75. The highest BCUT2D eigenvalue weighted by Gasteiger charge is 2.33. The van der Waals surface area contributed by atoms with Gasteiger partial charge in [0.15, 0.2) is 0 Å². The van der Waals surface area contributed by atoms with E-state index < -0.39 is 0 Å². The van der Waals surface area contributed by atoms with Crippen LogP contribution in [0.1, 0.15) is 19.4 Å². The quantitative estimate of drug-likeness (QED) is 0.780. The molecule has 4 heteroatoms. The van der Waals surface area contributed by atoms with Gasteiger partial charge >= 0.3 is 6.09 Å². The molecule has 1 fully saturated rings. The van der Waals surface area contributed by atoms with Crippen molar-refractivity contribution < 1.29 is 9.53 Å². The van der Waals surface area contributed by atoms with Gasteiger partial charge in [0.25, 0.3) is 0 Å². The van der Waals surface area contributed by atoms with E-state index in [1.807, 2.05) is 4.90 Å². The van der Waals surface area contributed by atoms with Gasteiger partial charge in [-0.1, -0.05) is 17.7 Å². The van der Waals surface area contributed by atoms with E-state index in [0.717, 1.165) is 13.1 Å². The molecule has 1 saturated heterocycles. The maximum absolute atomic E-state index is 11.8. The van der Waals surface area contributed by atoms with Crippen molar-refractivity contribution in [2.45, 2.75) is 32.9 Å². The molecule has 1 aromatic carbocycles. The standard InChI is InChI=1S/C15H22N2O2/c1-11-5-7-14(8-6-11)16-9-12(2)17(13(3)10-16)15(18)19-4/h5-8,12-13H,9-10H2,1-4H3/t12-,13-/m1/s1. The van der Waals surface area contributed by atoms with Gasteiger partial charge in [-0.05, 0) is 32.9 Å². The Morgan fingerprint density at radius 3 is 2.16 bits per heavy atom. The Morgan fingerprint density at radius 2 is 1.68 bits per heavy atom. The molecule has 19 heavy (non-hydrogen) atoms. The van der Waals surface area contributed by atoms with E-state index in [-0.39, 0.29) is 18.2 Å². The monoisotopic (exact) mass is 262 g/mol. The normalized spacial score (nSPS) is 23.4. The average Bonchev–Trinajstić information content (AvgIpc) is 2.38. The molecule has 0 radical (unpaired) electrons. The first-order valence-electron chi connectivity index (χ1n) is 6.71. The number of benzene rings is 1. The Morgan fingerprint density at radius 1 is 1.16 bits per heavy atom. The van der Waals surface area contributed by atoms with E-state index in [4.69, 9.17) is 4.74 Å². The largest absolute Gasteiger partial charge is 0.453 e. The number of hydrogen-bond donors (Lipinski definition) is 0. The second-order valence-corrected chi connectivity index (χ2v) is 5.32. The van der Waals surface area contributed by atoms with Crippen LogP contribution in [0.3, 0.4) is 0 Å². The van der Waals surface area contributed by atoms with Gasteiger partial charge in [0.2, 0.25) is 0 Å². The van der Waals surface area contributed by atoms with E-state index in [0.29, 0.717) is 0 Å². The van der Waals surface area contributed by atoms with Gasteiger partial charge in [-0.15, -0.1) is 0 Å². The number of nitrogens with zero attached hydrogens (tertiary/aromatic N) is 2. The van der Waals surface area contributed by atoms with Gasteiger partial charge in [-0.3, -0.25) is 4.90 Å². The number of methoxy groups -OCH3 is 1. The summed E-state index contributed by atoms with van der Waals surface area (Å²) in [6.07, 6.45) is -0.233. The third-order valence-corrected chi connectivity index (χ3v) is 3.70. The predicted molar refractivity (Wildman–Crippen MR) is 76.6 cm³/mol. The minimum absolute atomic E-state index is 0.150. The minimum atomic E-state index is -0.233. The molecule has 0 aromatic heterocycles. The van der Waals surface area contributed by atoms with E-state index >= 15 is 0 Å². The van der Waals surface area contributed by atoms with Crippen LogP contribution in [-0.2, 0) is 4.74 Å². The van der Waals surface area contributed by atoms with E-state index in [1.54, 1.807) is 0 Å². The van der Waals surface area contributed by atoms with Crippen LogP contribution >= 0.6 is 0 Å². The van der Waals surface area contributed by atoms with E-state index in [2.05, 4.69) is 49.9 Å². The zero-order chi connectivity index (χ0) is 14.0. The number of ether oxygens (including phenoxy) is 1. The number of aryl methyl sites for hydroxylation is 1. The highest BCUT2D eigenvalue weighted by Crippen LogP contribution is 2.23. The van der Waals surface area contributed by atoms with Crippen LogP contribution in [-0.4, -0.2) is 43.3 Å². The van der Waals surface area contributed by atoms with Crippen LogP contribution in [0.15, 0.2) is 24.3 Å². The molecule has 0 spiro atoms. The Bertz CT molecular complexity index is 432. The molecule has 1 aromatic rings. The van der Waals surface area contributed by atoms with Crippen LogP contribution in [0.25, 0.3) is 0 Å². The Labute approximate surface area is 115 Å². The van der Waals surface area contributed by atoms with Gasteiger partial charge < -0.3 is 9.64 Å². The lowest BCUT2D eigenvalue weighted by Crippen LogP contribution is -2.58. The van der Waals surface area contributed by atoms with Crippen molar-refractivity contribution in [3.8, 4) is 0 Å². The lowest BCUT2D eigenvalue weighted by atomic mass is 10.1. The second-order valence-electron chi connectivity index (χ2n) is 5.32. The second kappa shape index (κ2) is 5.51. The lowest BCUT2D eigenvalue weighted by molar-refractivity contribution is 0.0820. The number of carbonyl (C=O) groups excluding carboxylic acids is 1. The zero-order valence-electron chi connectivity index (χ0n) is 12.1. The molecule has 104 valence electrons. The zero-order valence-corrected chi connectivity index (χ0v) is 12.1. The summed E-state index contributed by atoms with van der Waals surface area (Å²) in [4.78, 5) is 15.9. The van der Waals surface area contributed by atoms with Crippen molar-refractivity contribution >= 4 is 11.8 Å². The molecule has 0 N–H and O–H groups in total. The number of piperazine rings is 1. The third-order valence-electron chi connectivity index (χ3n) is 3.70. The summed E-state index contributed by atoms with van der Waals surface area (Å²) in [5.41, 5.74) is 2.48. The fourth-order valence-corrected chi connectivity index (χ4v) is 2.75. The first-order valence-corrected chi connectivity index (χ1v) is 6.71. The molecule has 1 heterocycles. The molecular formula is C15H22N2O2. The van der Waals surface area contributed by atoms with Crippen molar-refractivity contribution in [1.82, 2.24) is 4.90 Å². The Balaban J connectivity index is 2.13. The Hall–Kier alpha value is -1.71. The summed E-state index contributed by atoms with van der Waals surface area (Å²) in [5, 5.41) is 0. The van der Waals surface area contributed by atoms with Crippen LogP contribution in [0.5, 0.6) is 0 Å². The summed E-state index contributed by atoms with van der Waals surface area (Å²) in [5.74, 6) is 0. The Kier molecular flexibility index (Phi) is 3.98. The average molecular weight is 262 g/mol. The molecular weight excluding hydrogens is 240 g/mol. The maximum atomic E-state index is 11.8. The highest BCUT2D eigenvalue weighted by molar-refractivity contribution is 5.69. The summed E-state index contributed by atoms with van der Waals surface area (Å²) in [6, 6.07) is 8.83. The van der Waals surface area contributed by atoms with Crippen LogP contribution in [0, 0.1) is 6.92 Å². The summed E-state index contributed by atoms with van der Waals surface area (Å²) >= 11 is 0. The topological polar surface area (TPSA) is 32.8 Å². The first kappa shape index (κ1) is 13.7. The van der Waals surface area contributed by atoms with Crippen LogP contribution < -0.4 is 4.90 Å². The minimum Gasteiger partial charge on any atom is -0.453 e. The molecule has 0 unspecified atom stereocenters. The molecule has 1 aliphatic heterocycles. The van der Waals surface area contributed by atoms with Gasteiger partial charge in [-0.2, -0.15) is 0 Å². The van der Waals surface area contributed by atoms with Crippen molar-refractivity contribution in [2.24, 2.45) is 0 Å². The fraction of sp³-hybridized carbons (Fsp3) is 0.533. The van der Waals surface area contributed by atoms with E-state index in [9.17, 15) is 4.79 Å². The van der Waals surface area contributed by atoms with Crippen molar-refractivity contribution in [2.75, 3.05) is 25.1 Å². The molecule has 0 bridgehead atoms. The van der Waals surface area contributed by atoms with Crippen LogP contribution in [0.2, 0.25) is 0 Å². The van der Waals surface area contributed by atoms with Gasteiger partial charge in [0, 0.05) is 18.8 Å². The molecule has 4 nitrogen and oxygen atoms in total. The predicted octanol–water partition coefficient (Wildman–Crippen LogP) is 2.66. The summed E-state index contributed by atoms with van der Waals surface area (Å²) < 4.78 is 4.86. The SMILES string of the molecule is COC(=O)N1[C@H](C)CN(c2ccc(C)cc2)C[C@H]1C. The molecule has 0 saturated carbocycles. The van der Waals surface area contributed by atoms with Crippen LogP contribution in [0.4, 0.5) is 10.5 Å². The lowest BCUT2D eigenvalue weighted by Gasteiger charge is -2.44. The van der Waals surface area contributed by atoms with Gasteiger partial charge in [0.1, 0.15) is 0 Å². The van der Waals surface area contributed by atoms with Crippen molar-refractivity contribution in [3.63, 3.8) is 0 Å². The number of rotatable bonds is 1. The number of amides is 1. The summed E-state index contributed by atoms with van der Waals surface area (Å²) in [6.45, 7) is 7.89. The van der Waals surface area contributed by atoms with Crippen molar-refractivity contribution in [3.05, 3.63) is 29.8 Å². The molecule has 1 aliphatic rings. The van der Waals surface area contributed by atoms with Gasteiger partial charge in [-0.25, -0.2) is 4.79 Å². The first-order chi connectivity index (χ1) is 9.02. The van der Waals surface area contributed by atoms with Crippen molar-refractivity contribution in [1.29, 1.82) is 0 Å². The third kappa shape index (κ3) is 2.83. The van der Waals surface area contributed by atoms with E-state index in [1.165, 1.54) is 18.4 Å². The smallest absolute Gasteiger partial charge is 0.410 e. The molecule has 2 rings (SSSR count). The number of carbonyl (C=O) groups is 1. The maximum Gasteiger partial charge on any atom is 0.410 e. The summed E-state index contributed by atoms with van der Waals surface area (Å²) in [7, 11) is 1.44. The highest BCUT2D eigenvalue weighted by atomic mass is 16.5. The molecule has 1 amide bonds. The molecule has 0 aliphatic carbocycles.